The lowest BCUT2D eigenvalue weighted by Crippen LogP contribution is -2.24. The normalized spacial score (nSPS) is 11.8. The molecule has 2 aromatic carbocycles. The van der Waals surface area contributed by atoms with Crippen molar-refractivity contribution in [3.05, 3.63) is 78.1 Å². The third-order valence-corrected chi connectivity index (χ3v) is 5.89. The van der Waals surface area contributed by atoms with Gasteiger partial charge in [-0.2, -0.15) is 0 Å². The molecule has 0 aliphatic carbocycles. The van der Waals surface area contributed by atoms with Crippen LogP contribution in [0, 0.1) is 12.7 Å². The van der Waals surface area contributed by atoms with Crippen LogP contribution in [0.1, 0.15) is 11.4 Å². The Balaban J connectivity index is 1.57. The van der Waals surface area contributed by atoms with Crippen LogP contribution < -0.4 is 4.72 Å². The fourth-order valence-corrected chi connectivity index (χ4v) is 4.18. The first kappa shape index (κ1) is 18.3. The number of halogens is 1. The predicted molar refractivity (Wildman–Crippen MR) is 104 cm³/mol. The molecule has 0 radical (unpaired) electrons. The molecule has 0 unspecified atom stereocenters. The maximum absolute atomic E-state index is 13.0. The van der Waals surface area contributed by atoms with Gasteiger partial charge in [0.15, 0.2) is 0 Å². The van der Waals surface area contributed by atoms with E-state index in [2.05, 4.69) is 19.7 Å². The Morgan fingerprint density at radius 1 is 1.07 bits per heavy atom. The maximum atomic E-state index is 13.0. The first-order valence-corrected chi connectivity index (χ1v) is 10.1. The summed E-state index contributed by atoms with van der Waals surface area (Å²) in [5, 5.41) is 0.571. The van der Waals surface area contributed by atoms with Gasteiger partial charge in [-0.05, 0) is 60.5 Å². The van der Waals surface area contributed by atoms with Gasteiger partial charge in [-0.15, -0.1) is 0 Å². The topological polar surface area (TPSA) is 87.7 Å². The second-order valence-electron chi connectivity index (χ2n) is 6.36. The third kappa shape index (κ3) is 3.51. The molecule has 2 N–H and O–H groups in total. The van der Waals surface area contributed by atoms with E-state index in [1.165, 1.54) is 12.1 Å². The Kier molecular flexibility index (Phi) is 4.66. The molecule has 0 bridgehead atoms. The molecule has 0 amide bonds. The summed E-state index contributed by atoms with van der Waals surface area (Å²) in [5.74, 6) is 0.133. The van der Waals surface area contributed by atoms with E-state index < -0.39 is 10.0 Å². The summed E-state index contributed by atoms with van der Waals surface area (Å²) in [6.07, 6.45) is 3.22. The standard InChI is InChI=1S/C20H17FN4O2S/c1-13-4-9-18(16-3-2-10-22-20(13)16)28(26,27)24-12-19-23-11-17(25-19)14-5-7-15(21)8-6-14/h2-11,24H,12H2,1H3,(H,23,25). The van der Waals surface area contributed by atoms with Crippen LogP contribution >= 0.6 is 0 Å². The van der Waals surface area contributed by atoms with Gasteiger partial charge in [-0.3, -0.25) is 4.98 Å². The molecule has 8 heteroatoms. The highest BCUT2D eigenvalue weighted by atomic mass is 32.2. The number of rotatable bonds is 5. The molecule has 6 nitrogen and oxygen atoms in total. The SMILES string of the molecule is Cc1ccc(S(=O)(=O)NCc2ncc(-c3ccc(F)cc3)[nH]2)c2cccnc12. The Hall–Kier alpha value is -3.10. The van der Waals surface area contributed by atoms with Crippen LogP contribution in [0.2, 0.25) is 0 Å². The highest BCUT2D eigenvalue weighted by molar-refractivity contribution is 7.89. The van der Waals surface area contributed by atoms with E-state index >= 15 is 0 Å². The average molecular weight is 396 g/mol. The Labute approximate surface area is 161 Å². The highest BCUT2D eigenvalue weighted by Gasteiger charge is 2.19. The second-order valence-corrected chi connectivity index (χ2v) is 8.09. The molecule has 2 aromatic heterocycles. The number of hydrogen-bond acceptors (Lipinski definition) is 4. The van der Waals surface area contributed by atoms with Crippen molar-refractivity contribution in [2.75, 3.05) is 0 Å². The molecule has 0 fully saturated rings. The summed E-state index contributed by atoms with van der Waals surface area (Å²) in [6, 6.07) is 12.7. The van der Waals surface area contributed by atoms with Crippen molar-refractivity contribution < 1.29 is 12.8 Å². The summed E-state index contributed by atoms with van der Waals surface area (Å²) in [6.45, 7) is 1.89. The van der Waals surface area contributed by atoms with E-state index in [1.54, 1.807) is 48.8 Å². The summed E-state index contributed by atoms with van der Waals surface area (Å²) in [7, 11) is -3.76. The Bertz CT molecular complexity index is 1250. The molecule has 0 spiro atoms. The van der Waals surface area contributed by atoms with Crippen molar-refractivity contribution >= 4 is 20.9 Å². The fourth-order valence-electron chi connectivity index (χ4n) is 2.99. The van der Waals surface area contributed by atoms with E-state index in [1.807, 2.05) is 6.92 Å². The van der Waals surface area contributed by atoms with Crippen molar-refractivity contribution in [2.45, 2.75) is 18.4 Å². The molecule has 0 atom stereocenters. The molecule has 142 valence electrons. The molecule has 4 aromatic rings. The molecule has 28 heavy (non-hydrogen) atoms. The quantitative estimate of drug-likeness (QED) is 0.540. The number of aromatic nitrogens is 3. The highest BCUT2D eigenvalue weighted by Crippen LogP contribution is 2.24. The van der Waals surface area contributed by atoms with Crippen molar-refractivity contribution in [2.24, 2.45) is 0 Å². The lowest BCUT2D eigenvalue weighted by molar-refractivity contribution is 0.580. The van der Waals surface area contributed by atoms with E-state index in [0.717, 1.165) is 11.1 Å². The zero-order chi connectivity index (χ0) is 19.7. The van der Waals surface area contributed by atoms with Crippen LogP contribution in [0.15, 0.2) is 65.8 Å². The van der Waals surface area contributed by atoms with E-state index in [4.69, 9.17) is 0 Å². The zero-order valence-electron chi connectivity index (χ0n) is 15.0. The molecule has 2 heterocycles. The number of imidazole rings is 1. The first-order chi connectivity index (χ1) is 13.4. The Morgan fingerprint density at radius 3 is 2.64 bits per heavy atom. The van der Waals surface area contributed by atoms with Crippen LogP contribution in [0.4, 0.5) is 4.39 Å². The monoisotopic (exact) mass is 396 g/mol. The van der Waals surface area contributed by atoms with Crippen molar-refractivity contribution in [1.82, 2.24) is 19.7 Å². The first-order valence-electron chi connectivity index (χ1n) is 8.58. The van der Waals surface area contributed by atoms with Gasteiger partial charge in [-0.25, -0.2) is 22.5 Å². The lowest BCUT2D eigenvalue weighted by Gasteiger charge is -2.10. The van der Waals surface area contributed by atoms with Crippen LogP contribution in [-0.4, -0.2) is 23.4 Å². The molecule has 0 aliphatic rings. The van der Waals surface area contributed by atoms with E-state index in [9.17, 15) is 12.8 Å². The number of fused-ring (bicyclic) bond motifs is 1. The zero-order valence-corrected chi connectivity index (χ0v) is 15.8. The smallest absolute Gasteiger partial charge is 0.241 e. The third-order valence-electron chi connectivity index (χ3n) is 4.43. The number of aryl methyl sites for hydroxylation is 1. The van der Waals surface area contributed by atoms with Gasteiger partial charge < -0.3 is 4.98 Å². The van der Waals surface area contributed by atoms with Gasteiger partial charge in [0.05, 0.1) is 28.8 Å². The number of pyridine rings is 1. The van der Waals surface area contributed by atoms with Gasteiger partial charge in [0, 0.05) is 11.6 Å². The molecule has 0 aliphatic heterocycles. The number of H-pyrrole nitrogens is 1. The number of nitrogens with zero attached hydrogens (tertiary/aromatic N) is 2. The largest absolute Gasteiger partial charge is 0.341 e. The lowest BCUT2D eigenvalue weighted by atomic mass is 10.1. The van der Waals surface area contributed by atoms with Crippen LogP contribution in [0.25, 0.3) is 22.2 Å². The van der Waals surface area contributed by atoms with Gasteiger partial charge in [0.2, 0.25) is 10.0 Å². The fraction of sp³-hybridized carbons (Fsp3) is 0.100. The summed E-state index contributed by atoms with van der Waals surface area (Å²) in [5.41, 5.74) is 3.00. The van der Waals surface area contributed by atoms with E-state index in [0.29, 0.717) is 22.4 Å². The number of aromatic amines is 1. The van der Waals surface area contributed by atoms with Gasteiger partial charge >= 0.3 is 0 Å². The number of hydrogen-bond donors (Lipinski definition) is 2. The minimum absolute atomic E-state index is 0.000833. The summed E-state index contributed by atoms with van der Waals surface area (Å²) >= 11 is 0. The Morgan fingerprint density at radius 2 is 1.86 bits per heavy atom. The van der Waals surface area contributed by atoms with Crippen molar-refractivity contribution in [3.8, 4) is 11.3 Å². The molecule has 0 saturated carbocycles. The minimum atomic E-state index is -3.76. The predicted octanol–water partition coefficient (Wildman–Crippen LogP) is 3.55. The van der Waals surface area contributed by atoms with Crippen molar-refractivity contribution in [3.63, 3.8) is 0 Å². The minimum Gasteiger partial charge on any atom is -0.341 e. The number of benzene rings is 2. The van der Waals surface area contributed by atoms with Crippen molar-refractivity contribution in [1.29, 1.82) is 0 Å². The summed E-state index contributed by atoms with van der Waals surface area (Å²) < 4.78 is 41.3. The van der Waals surface area contributed by atoms with Crippen LogP contribution in [-0.2, 0) is 16.6 Å². The van der Waals surface area contributed by atoms with Gasteiger partial charge in [0.1, 0.15) is 11.6 Å². The molecule has 0 saturated heterocycles. The van der Waals surface area contributed by atoms with Crippen LogP contribution in [0.5, 0.6) is 0 Å². The average Bonchev–Trinajstić information content (AvgIpc) is 3.16. The molecule has 4 rings (SSSR count). The molecular formula is C20H17FN4O2S. The van der Waals surface area contributed by atoms with Crippen LogP contribution in [0.3, 0.4) is 0 Å². The van der Waals surface area contributed by atoms with Gasteiger partial charge in [-0.1, -0.05) is 6.07 Å². The van der Waals surface area contributed by atoms with E-state index in [-0.39, 0.29) is 17.3 Å². The summed E-state index contributed by atoms with van der Waals surface area (Å²) in [4.78, 5) is 11.7. The maximum Gasteiger partial charge on any atom is 0.241 e. The number of nitrogens with one attached hydrogen (secondary N) is 2. The number of sulfonamides is 1. The second kappa shape index (κ2) is 7.14. The van der Waals surface area contributed by atoms with Gasteiger partial charge in [0.25, 0.3) is 0 Å². The molecular weight excluding hydrogens is 379 g/mol.